The highest BCUT2D eigenvalue weighted by atomic mass is 79.9. The Balaban J connectivity index is 1.86. The summed E-state index contributed by atoms with van der Waals surface area (Å²) in [5.74, 6) is 1.14. The van der Waals surface area contributed by atoms with Gasteiger partial charge in [0, 0.05) is 41.0 Å². The number of benzene rings is 1. The van der Waals surface area contributed by atoms with E-state index in [1.807, 2.05) is 6.20 Å². The van der Waals surface area contributed by atoms with Gasteiger partial charge in [0.15, 0.2) is 0 Å². The van der Waals surface area contributed by atoms with Gasteiger partial charge in [-0.2, -0.15) is 0 Å². The Morgan fingerprint density at radius 1 is 1.28 bits per heavy atom. The van der Waals surface area contributed by atoms with Crippen molar-refractivity contribution in [2.24, 2.45) is 0 Å². The number of aromatic nitrogens is 2. The van der Waals surface area contributed by atoms with Gasteiger partial charge in [-0.05, 0) is 17.7 Å². The lowest BCUT2D eigenvalue weighted by molar-refractivity contribution is 0.560. The highest BCUT2D eigenvalue weighted by Gasteiger charge is 2.17. The average Bonchev–Trinajstić information content (AvgIpc) is 2.85. The van der Waals surface area contributed by atoms with Gasteiger partial charge in [0.25, 0.3) is 0 Å². The van der Waals surface area contributed by atoms with Crippen LogP contribution in [0, 0.1) is 0 Å². The van der Waals surface area contributed by atoms with Gasteiger partial charge in [-0.25, -0.2) is 4.98 Å². The Kier molecular flexibility index (Phi) is 3.43. The molecule has 3 rings (SSSR count). The van der Waals surface area contributed by atoms with E-state index in [4.69, 9.17) is 0 Å². The van der Waals surface area contributed by atoms with Crippen LogP contribution in [0.25, 0.3) is 0 Å². The monoisotopic (exact) mass is 369 g/mol. The molecule has 0 unspecified atom stereocenters. The molecule has 0 N–H and O–H groups in total. The largest absolute Gasteiger partial charge is 0.362 e. The van der Waals surface area contributed by atoms with Gasteiger partial charge < -0.3 is 9.47 Å². The maximum absolute atomic E-state index is 4.39. The van der Waals surface area contributed by atoms with Gasteiger partial charge in [0.1, 0.15) is 5.82 Å². The van der Waals surface area contributed by atoms with Crippen molar-refractivity contribution in [2.75, 3.05) is 11.4 Å². The summed E-state index contributed by atoms with van der Waals surface area (Å²) >= 11 is 7.11. The molecule has 0 bridgehead atoms. The molecule has 0 aliphatic carbocycles. The van der Waals surface area contributed by atoms with Crippen molar-refractivity contribution in [2.45, 2.75) is 18.4 Å². The highest BCUT2D eigenvalue weighted by molar-refractivity contribution is 9.10. The fourth-order valence-corrected chi connectivity index (χ4v) is 3.61. The summed E-state index contributed by atoms with van der Waals surface area (Å²) < 4.78 is 3.38. The molecule has 0 saturated heterocycles. The molecule has 3 nitrogen and oxygen atoms in total. The summed E-state index contributed by atoms with van der Waals surface area (Å²) in [5, 5.41) is 0.873. The van der Waals surface area contributed by atoms with E-state index in [-0.39, 0.29) is 0 Å². The fourth-order valence-electron chi connectivity index (χ4n) is 2.24. The first kappa shape index (κ1) is 12.2. The van der Waals surface area contributed by atoms with Gasteiger partial charge >= 0.3 is 0 Å². The van der Waals surface area contributed by atoms with Crippen LogP contribution < -0.4 is 4.90 Å². The lowest BCUT2D eigenvalue weighted by Crippen LogP contribution is -2.33. The molecular weight excluding hydrogens is 358 g/mol. The van der Waals surface area contributed by atoms with E-state index in [1.54, 1.807) is 0 Å². The summed E-state index contributed by atoms with van der Waals surface area (Å²) in [6.07, 6.45) is 3.93. The molecule has 1 aromatic heterocycles. The molecular formula is C13H13Br2N3. The van der Waals surface area contributed by atoms with Crippen LogP contribution in [0.15, 0.2) is 35.1 Å². The molecule has 0 amide bonds. The van der Waals surface area contributed by atoms with Crippen molar-refractivity contribution in [1.82, 2.24) is 9.55 Å². The van der Waals surface area contributed by atoms with Crippen molar-refractivity contribution >= 4 is 37.5 Å². The molecule has 0 radical (unpaired) electrons. The first-order valence-corrected chi connectivity index (χ1v) is 7.79. The SMILES string of the molecule is BrCc1ccc(N2CCn3ccnc3C2)cc1Br. The predicted molar refractivity (Wildman–Crippen MR) is 80.1 cm³/mol. The maximum atomic E-state index is 4.39. The molecule has 1 aliphatic heterocycles. The molecule has 1 aromatic carbocycles. The summed E-state index contributed by atoms with van der Waals surface area (Å²) in [5.41, 5.74) is 2.53. The minimum absolute atomic E-state index is 0.873. The number of imidazole rings is 1. The number of nitrogens with zero attached hydrogens (tertiary/aromatic N) is 3. The number of hydrogen-bond donors (Lipinski definition) is 0. The van der Waals surface area contributed by atoms with Crippen molar-refractivity contribution in [3.05, 3.63) is 46.5 Å². The van der Waals surface area contributed by atoms with Gasteiger partial charge in [-0.3, -0.25) is 0 Å². The zero-order valence-corrected chi connectivity index (χ0v) is 13.0. The lowest BCUT2D eigenvalue weighted by atomic mass is 10.2. The van der Waals surface area contributed by atoms with E-state index in [2.05, 4.69) is 70.7 Å². The minimum atomic E-state index is 0.873. The topological polar surface area (TPSA) is 21.1 Å². The lowest BCUT2D eigenvalue weighted by Gasteiger charge is -2.29. The van der Waals surface area contributed by atoms with E-state index in [0.29, 0.717) is 0 Å². The van der Waals surface area contributed by atoms with Crippen LogP contribution in [0.1, 0.15) is 11.4 Å². The molecule has 94 valence electrons. The first-order valence-electron chi connectivity index (χ1n) is 5.87. The summed E-state index contributed by atoms with van der Waals surface area (Å²) in [4.78, 5) is 6.76. The van der Waals surface area contributed by atoms with E-state index in [1.165, 1.54) is 11.3 Å². The third-order valence-electron chi connectivity index (χ3n) is 3.29. The summed E-state index contributed by atoms with van der Waals surface area (Å²) in [6, 6.07) is 6.53. The molecule has 18 heavy (non-hydrogen) atoms. The van der Waals surface area contributed by atoms with E-state index in [0.717, 1.165) is 35.3 Å². The van der Waals surface area contributed by atoms with Crippen molar-refractivity contribution < 1.29 is 0 Å². The molecule has 5 heteroatoms. The molecule has 1 aliphatic rings. The first-order chi connectivity index (χ1) is 8.78. The average molecular weight is 371 g/mol. The molecule has 0 fully saturated rings. The van der Waals surface area contributed by atoms with Crippen LogP contribution in [0.3, 0.4) is 0 Å². The van der Waals surface area contributed by atoms with Crippen molar-refractivity contribution in [3.63, 3.8) is 0 Å². The second kappa shape index (κ2) is 5.05. The smallest absolute Gasteiger partial charge is 0.128 e. The predicted octanol–water partition coefficient (Wildman–Crippen LogP) is 3.56. The molecule has 0 saturated carbocycles. The number of alkyl halides is 1. The molecule has 0 spiro atoms. The van der Waals surface area contributed by atoms with Crippen molar-refractivity contribution in [1.29, 1.82) is 0 Å². The molecule has 2 aromatic rings. The molecule has 0 atom stereocenters. The Bertz CT molecular complexity index is 565. The van der Waals surface area contributed by atoms with E-state index >= 15 is 0 Å². The van der Waals surface area contributed by atoms with E-state index in [9.17, 15) is 0 Å². The standard InChI is InChI=1S/C13H13Br2N3/c14-8-10-1-2-11(7-12(10)15)18-6-5-17-4-3-16-13(17)9-18/h1-4,7H,5-6,8-9H2. The Morgan fingerprint density at radius 3 is 2.94 bits per heavy atom. The highest BCUT2D eigenvalue weighted by Crippen LogP contribution is 2.27. The van der Waals surface area contributed by atoms with Crippen LogP contribution in [0.4, 0.5) is 5.69 Å². The second-order valence-corrected chi connectivity index (χ2v) is 5.78. The molecule has 2 heterocycles. The Morgan fingerprint density at radius 2 is 2.17 bits per heavy atom. The third kappa shape index (κ3) is 2.21. The number of rotatable bonds is 2. The van der Waals surface area contributed by atoms with Gasteiger partial charge in [-0.1, -0.05) is 37.9 Å². The van der Waals surface area contributed by atoms with Crippen LogP contribution in [-0.4, -0.2) is 16.1 Å². The number of anilines is 1. The maximum Gasteiger partial charge on any atom is 0.128 e. The zero-order valence-electron chi connectivity index (χ0n) is 9.81. The van der Waals surface area contributed by atoms with Gasteiger partial charge in [0.05, 0.1) is 6.54 Å². The number of hydrogen-bond acceptors (Lipinski definition) is 2. The van der Waals surface area contributed by atoms with Crippen LogP contribution in [0.2, 0.25) is 0 Å². The Hall–Kier alpha value is -0.810. The number of fused-ring (bicyclic) bond motifs is 1. The van der Waals surface area contributed by atoms with Crippen LogP contribution >= 0.6 is 31.9 Å². The third-order valence-corrected chi connectivity index (χ3v) is 4.63. The van der Waals surface area contributed by atoms with Gasteiger partial charge in [0.2, 0.25) is 0 Å². The Labute approximate surface area is 123 Å². The van der Waals surface area contributed by atoms with Crippen LogP contribution in [0.5, 0.6) is 0 Å². The van der Waals surface area contributed by atoms with Crippen molar-refractivity contribution in [3.8, 4) is 0 Å². The normalized spacial score (nSPS) is 14.7. The minimum Gasteiger partial charge on any atom is -0.362 e. The zero-order chi connectivity index (χ0) is 12.5. The quantitative estimate of drug-likeness (QED) is 0.753. The summed E-state index contributed by atoms with van der Waals surface area (Å²) in [6.45, 7) is 2.92. The van der Waals surface area contributed by atoms with Crippen LogP contribution in [-0.2, 0) is 18.4 Å². The second-order valence-electron chi connectivity index (χ2n) is 4.37. The van der Waals surface area contributed by atoms with Gasteiger partial charge in [-0.15, -0.1) is 0 Å². The number of halogens is 2. The fraction of sp³-hybridized carbons (Fsp3) is 0.308. The van der Waals surface area contributed by atoms with E-state index < -0.39 is 0 Å². The summed E-state index contributed by atoms with van der Waals surface area (Å²) in [7, 11) is 0.